The van der Waals surface area contributed by atoms with Gasteiger partial charge in [-0.15, -0.1) is 0 Å². The molecular weight excluding hydrogens is 167 g/mol. The van der Waals surface area contributed by atoms with Crippen molar-refractivity contribution in [2.75, 3.05) is 0 Å². The monoisotopic (exact) mass is 184 g/mol. The van der Waals surface area contributed by atoms with Crippen LogP contribution in [0.25, 0.3) is 0 Å². The van der Waals surface area contributed by atoms with E-state index in [0.717, 1.165) is 0 Å². The average molecular weight is 184 g/mol. The first-order chi connectivity index (χ1) is 5.95. The molecule has 0 aliphatic rings. The highest BCUT2D eigenvalue weighted by atomic mass is 16.2. The lowest BCUT2D eigenvalue weighted by Crippen LogP contribution is -2.43. The molecule has 0 saturated heterocycles. The molecule has 0 bridgehead atoms. The van der Waals surface area contributed by atoms with Crippen molar-refractivity contribution in [3.8, 4) is 0 Å². The molecular formula is C8H17BN2O2. The Bertz CT molecular complexity index is 173. The molecule has 0 aromatic carbocycles. The van der Waals surface area contributed by atoms with Crippen molar-refractivity contribution in [2.24, 2.45) is 11.8 Å². The zero-order valence-corrected chi connectivity index (χ0v) is 8.68. The smallest absolute Gasteiger partial charge is 0.355 e. The number of nitrogens with one attached hydrogen (secondary N) is 2. The van der Waals surface area contributed by atoms with E-state index in [1.807, 2.05) is 0 Å². The van der Waals surface area contributed by atoms with Crippen molar-refractivity contribution in [1.29, 1.82) is 0 Å². The van der Waals surface area contributed by atoms with Gasteiger partial charge in [0.25, 0.3) is 0 Å². The van der Waals surface area contributed by atoms with Crippen LogP contribution < -0.4 is 10.5 Å². The Morgan fingerprint density at radius 1 is 0.923 bits per heavy atom. The van der Waals surface area contributed by atoms with Gasteiger partial charge in [-0.05, 0) is 0 Å². The SMILES string of the molecule is CC(C)C(=O)NBNC(=O)C(C)C. The topological polar surface area (TPSA) is 58.2 Å². The number of hydrogen-bond acceptors (Lipinski definition) is 2. The lowest BCUT2D eigenvalue weighted by Gasteiger charge is -2.08. The summed E-state index contributed by atoms with van der Waals surface area (Å²) in [5, 5.41) is 5.19. The van der Waals surface area contributed by atoms with Crippen LogP contribution in [0.2, 0.25) is 0 Å². The third-order valence-corrected chi connectivity index (χ3v) is 1.57. The van der Waals surface area contributed by atoms with Crippen LogP contribution in [0.1, 0.15) is 27.7 Å². The van der Waals surface area contributed by atoms with Gasteiger partial charge in [-0.1, -0.05) is 27.7 Å². The van der Waals surface area contributed by atoms with Crippen molar-refractivity contribution in [3.63, 3.8) is 0 Å². The van der Waals surface area contributed by atoms with Crippen LogP contribution in [-0.2, 0) is 9.59 Å². The number of hydrogen-bond donors (Lipinski definition) is 2. The van der Waals surface area contributed by atoms with Crippen LogP contribution in [0.4, 0.5) is 0 Å². The van der Waals surface area contributed by atoms with Crippen LogP contribution in [0, 0.1) is 11.8 Å². The predicted molar refractivity (Wildman–Crippen MR) is 53.1 cm³/mol. The molecule has 5 heteroatoms. The molecule has 0 radical (unpaired) electrons. The second kappa shape index (κ2) is 5.62. The molecule has 0 fully saturated rings. The second-order valence-electron chi connectivity index (χ2n) is 3.57. The van der Waals surface area contributed by atoms with E-state index < -0.39 is 0 Å². The number of carbonyl (C=O) groups is 2. The fourth-order valence-corrected chi connectivity index (χ4v) is 0.627. The van der Waals surface area contributed by atoms with Crippen LogP contribution >= 0.6 is 0 Å². The van der Waals surface area contributed by atoms with Crippen LogP contribution in [0.15, 0.2) is 0 Å². The first-order valence-electron chi connectivity index (χ1n) is 4.50. The van der Waals surface area contributed by atoms with Gasteiger partial charge in [0.15, 0.2) is 0 Å². The quantitative estimate of drug-likeness (QED) is 0.594. The van der Waals surface area contributed by atoms with Gasteiger partial charge in [-0.25, -0.2) is 0 Å². The fourth-order valence-electron chi connectivity index (χ4n) is 0.627. The molecule has 2 amide bonds. The molecule has 0 aromatic rings. The minimum absolute atomic E-state index is 0.0454. The number of amides is 2. The predicted octanol–water partition coefficient (Wildman–Crippen LogP) is -0.203. The zero-order valence-electron chi connectivity index (χ0n) is 8.68. The highest BCUT2D eigenvalue weighted by Gasteiger charge is 2.09. The minimum atomic E-state index is -0.0518. The van der Waals surface area contributed by atoms with Gasteiger partial charge in [-0.2, -0.15) is 0 Å². The molecule has 0 aliphatic carbocycles. The first-order valence-corrected chi connectivity index (χ1v) is 4.50. The van der Waals surface area contributed by atoms with E-state index >= 15 is 0 Å². The van der Waals surface area contributed by atoms with Crippen molar-refractivity contribution in [2.45, 2.75) is 27.7 Å². The van der Waals surface area contributed by atoms with E-state index in [4.69, 9.17) is 0 Å². The molecule has 0 aliphatic heterocycles. The van der Waals surface area contributed by atoms with Crippen molar-refractivity contribution < 1.29 is 9.59 Å². The summed E-state index contributed by atoms with van der Waals surface area (Å²) in [6.45, 7) is 7.22. The highest BCUT2D eigenvalue weighted by Crippen LogP contribution is 1.90. The molecule has 2 N–H and O–H groups in total. The summed E-state index contributed by atoms with van der Waals surface area (Å²) in [6, 6.07) is 0. The van der Waals surface area contributed by atoms with Gasteiger partial charge < -0.3 is 10.5 Å². The summed E-state index contributed by atoms with van der Waals surface area (Å²) in [6.07, 6.45) is 0. The average Bonchev–Trinajstić information content (AvgIpc) is 2.03. The molecule has 0 aromatic heterocycles. The zero-order chi connectivity index (χ0) is 10.4. The normalized spacial score (nSPS) is 10.0. The summed E-state index contributed by atoms with van der Waals surface area (Å²) < 4.78 is 0. The van der Waals surface area contributed by atoms with Crippen LogP contribution in [-0.4, -0.2) is 19.4 Å². The van der Waals surface area contributed by atoms with Gasteiger partial charge in [0.05, 0.1) is 0 Å². The van der Waals surface area contributed by atoms with Gasteiger partial charge in [0.2, 0.25) is 11.8 Å². The largest absolute Gasteiger partial charge is 0.383 e. The standard InChI is InChI=1S/C8H17BN2O2/c1-5(2)7(12)10-9-11-8(13)6(3)4/h5-6,9H,1-4H3,(H,10,12)(H,11,13). The maximum atomic E-state index is 11.0. The van der Waals surface area contributed by atoms with Gasteiger partial charge >= 0.3 is 7.55 Å². The summed E-state index contributed by atoms with van der Waals surface area (Å²) in [5.41, 5.74) is 0. The fraction of sp³-hybridized carbons (Fsp3) is 0.750. The van der Waals surface area contributed by atoms with E-state index in [1.54, 1.807) is 27.7 Å². The second-order valence-corrected chi connectivity index (χ2v) is 3.57. The summed E-state index contributed by atoms with van der Waals surface area (Å²) in [4.78, 5) is 22.1. The van der Waals surface area contributed by atoms with Crippen molar-refractivity contribution in [3.05, 3.63) is 0 Å². The van der Waals surface area contributed by atoms with E-state index in [2.05, 4.69) is 10.5 Å². The Hall–Kier alpha value is -0.995. The van der Waals surface area contributed by atoms with E-state index in [1.165, 1.54) is 0 Å². The molecule has 0 spiro atoms. The minimum Gasteiger partial charge on any atom is -0.383 e. The molecule has 0 heterocycles. The molecule has 0 rings (SSSR count). The maximum absolute atomic E-state index is 11.0. The van der Waals surface area contributed by atoms with Crippen molar-refractivity contribution >= 4 is 19.4 Å². The van der Waals surface area contributed by atoms with Crippen LogP contribution in [0.5, 0.6) is 0 Å². The lowest BCUT2D eigenvalue weighted by atomic mass is 10.1. The van der Waals surface area contributed by atoms with Crippen molar-refractivity contribution in [1.82, 2.24) is 10.5 Å². The summed E-state index contributed by atoms with van der Waals surface area (Å²) in [5.74, 6) is -0.194. The Morgan fingerprint density at radius 3 is 1.46 bits per heavy atom. The Kier molecular flexibility index (Phi) is 5.19. The van der Waals surface area contributed by atoms with E-state index in [-0.39, 0.29) is 31.2 Å². The third-order valence-electron chi connectivity index (χ3n) is 1.57. The lowest BCUT2D eigenvalue weighted by molar-refractivity contribution is -0.122. The molecule has 0 saturated carbocycles. The Morgan fingerprint density at radius 2 is 1.23 bits per heavy atom. The Labute approximate surface area is 79.7 Å². The van der Waals surface area contributed by atoms with Crippen LogP contribution in [0.3, 0.4) is 0 Å². The van der Waals surface area contributed by atoms with E-state index in [0.29, 0.717) is 0 Å². The first kappa shape index (κ1) is 12.0. The van der Waals surface area contributed by atoms with E-state index in [9.17, 15) is 9.59 Å². The third kappa shape index (κ3) is 5.28. The molecule has 0 unspecified atom stereocenters. The van der Waals surface area contributed by atoms with Gasteiger partial charge in [0, 0.05) is 11.8 Å². The molecule has 13 heavy (non-hydrogen) atoms. The molecule has 4 nitrogen and oxygen atoms in total. The highest BCUT2D eigenvalue weighted by molar-refractivity contribution is 6.38. The maximum Gasteiger partial charge on any atom is 0.355 e. The summed E-state index contributed by atoms with van der Waals surface area (Å²) in [7, 11) is 0.216. The molecule has 74 valence electrons. The number of rotatable bonds is 4. The van der Waals surface area contributed by atoms with Gasteiger partial charge in [-0.3, -0.25) is 9.59 Å². The number of carbonyl (C=O) groups excluding carboxylic acids is 2. The molecule has 0 atom stereocenters. The Balaban J connectivity index is 3.57. The van der Waals surface area contributed by atoms with Gasteiger partial charge in [0.1, 0.15) is 0 Å². The summed E-state index contributed by atoms with van der Waals surface area (Å²) >= 11 is 0.